The van der Waals surface area contributed by atoms with Crippen LogP contribution in [-0.4, -0.2) is 28.7 Å². The summed E-state index contributed by atoms with van der Waals surface area (Å²) >= 11 is 0. The van der Waals surface area contributed by atoms with Gasteiger partial charge in [-0.25, -0.2) is 0 Å². The molecule has 1 fully saturated rings. The number of amides is 1. The second-order valence-corrected chi connectivity index (χ2v) is 6.89. The minimum absolute atomic E-state index is 0.121. The predicted octanol–water partition coefficient (Wildman–Crippen LogP) is 1.58. The van der Waals surface area contributed by atoms with Crippen molar-refractivity contribution in [2.75, 3.05) is 0 Å². The van der Waals surface area contributed by atoms with Crippen molar-refractivity contribution >= 4 is 5.91 Å². The highest BCUT2D eigenvalue weighted by atomic mass is 16.5. The first-order valence-corrected chi connectivity index (χ1v) is 6.20. The number of primary amides is 1. The van der Waals surface area contributed by atoms with Gasteiger partial charge in [0.15, 0.2) is 0 Å². The number of hydrogen-bond donors (Lipinski definition) is 2. The Hall–Kier alpha value is -0.610. The Morgan fingerprint density at radius 3 is 2.29 bits per heavy atom. The van der Waals surface area contributed by atoms with Gasteiger partial charge in [-0.2, -0.15) is 0 Å². The summed E-state index contributed by atoms with van der Waals surface area (Å²) in [6.07, 6.45) is 1.27. The smallest absolute Gasteiger partial charge is 0.219 e. The lowest BCUT2D eigenvalue weighted by Crippen LogP contribution is -2.54. The van der Waals surface area contributed by atoms with Crippen molar-refractivity contribution in [1.82, 2.24) is 5.32 Å². The lowest BCUT2D eigenvalue weighted by Gasteiger charge is -2.35. The van der Waals surface area contributed by atoms with Gasteiger partial charge in [0.05, 0.1) is 11.2 Å². The van der Waals surface area contributed by atoms with Gasteiger partial charge in [0.2, 0.25) is 5.91 Å². The van der Waals surface area contributed by atoms with Crippen LogP contribution >= 0.6 is 0 Å². The molecule has 1 unspecified atom stereocenters. The third kappa shape index (κ3) is 3.96. The maximum absolute atomic E-state index is 11.0. The molecule has 1 aliphatic rings. The second-order valence-electron chi connectivity index (χ2n) is 6.89. The van der Waals surface area contributed by atoms with Crippen LogP contribution in [0.5, 0.6) is 0 Å². The van der Waals surface area contributed by atoms with Crippen LogP contribution in [0.25, 0.3) is 0 Å². The quantitative estimate of drug-likeness (QED) is 0.786. The van der Waals surface area contributed by atoms with Gasteiger partial charge in [-0.1, -0.05) is 0 Å². The van der Waals surface area contributed by atoms with Crippen LogP contribution in [0.2, 0.25) is 0 Å². The van der Waals surface area contributed by atoms with E-state index >= 15 is 0 Å². The van der Waals surface area contributed by atoms with Gasteiger partial charge in [0.25, 0.3) is 0 Å². The van der Waals surface area contributed by atoms with Crippen LogP contribution in [0, 0.1) is 0 Å². The summed E-state index contributed by atoms with van der Waals surface area (Å²) in [4.78, 5) is 11.0. The van der Waals surface area contributed by atoms with E-state index in [2.05, 4.69) is 33.0 Å². The number of carbonyl (C=O) groups excluding carboxylic acids is 1. The number of nitrogens with two attached hydrogens (primary N) is 1. The molecule has 0 aliphatic carbocycles. The molecule has 1 aliphatic heterocycles. The molecule has 4 nitrogen and oxygen atoms in total. The molecule has 0 bridgehead atoms. The highest BCUT2D eigenvalue weighted by Gasteiger charge is 2.47. The normalized spacial score (nSPS) is 27.1. The van der Waals surface area contributed by atoms with Crippen LogP contribution in [0.15, 0.2) is 0 Å². The van der Waals surface area contributed by atoms with Gasteiger partial charge < -0.3 is 15.8 Å². The van der Waals surface area contributed by atoms with Crippen molar-refractivity contribution in [3.05, 3.63) is 0 Å². The first kappa shape index (κ1) is 14.5. The Morgan fingerprint density at radius 1 is 1.41 bits per heavy atom. The molecule has 0 radical (unpaired) electrons. The Labute approximate surface area is 104 Å². The van der Waals surface area contributed by atoms with E-state index in [4.69, 9.17) is 10.5 Å². The summed E-state index contributed by atoms with van der Waals surface area (Å²) in [5.74, 6) is -0.279. The summed E-state index contributed by atoms with van der Waals surface area (Å²) in [5, 5.41) is 3.51. The maximum atomic E-state index is 11.0. The number of hydrogen-bond acceptors (Lipinski definition) is 3. The Kier molecular flexibility index (Phi) is 3.61. The standard InChI is InChI=1S/C13H26N2O2/c1-11(2,8-10(14)16)15-9-7-12(3,4)17-13(9,5)6/h9,15H,7-8H2,1-6H3,(H2,14,16). The lowest BCUT2D eigenvalue weighted by molar-refractivity contribution is -0.119. The van der Waals surface area contributed by atoms with Gasteiger partial charge in [-0.3, -0.25) is 4.79 Å². The number of carbonyl (C=O) groups is 1. The van der Waals surface area contributed by atoms with Crippen LogP contribution < -0.4 is 11.1 Å². The Morgan fingerprint density at radius 2 is 1.94 bits per heavy atom. The lowest BCUT2D eigenvalue weighted by atomic mass is 9.90. The highest BCUT2D eigenvalue weighted by Crippen LogP contribution is 2.38. The summed E-state index contributed by atoms with van der Waals surface area (Å²) in [5.41, 5.74) is 4.62. The van der Waals surface area contributed by atoms with Crippen molar-refractivity contribution in [3.8, 4) is 0 Å². The zero-order valence-corrected chi connectivity index (χ0v) is 11.9. The third-order valence-electron chi connectivity index (χ3n) is 3.26. The molecule has 1 atom stereocenters. The average Bonchev–Trinajstić information content (AvgIpc) is 2.13. The van der Waals surface area contributed by atoms with Crippen molar-refractivity contribution in [2.45, 2.75) is 77.2 Å². The molecule has 100 valence electrons. The molecule has 1 rings (SSSR count). The zero-order chi connectivity index (χ0) is 13.5. The topological polar surface area (TPSA) is 64.4 Å². The first-order valence-electron chi connectivity index (χ1n) is 6.20. The monoisotopic (exact) mass is 242 g/mol. The van der Waals surface area contributed by atoms with E-state index in [1.165, 1.54) is 0 Å². The minimum Gasteiger partial charge on any atom is -0.370 e. The van der Waals surface area contributed by atoms with E-state index < -0.39 is 0 Å². The van der Waals surface area contributed by atoms with Gasteiger partial charge in [-0.15, -0.1) is 0 Å². The second kappa shape index (κ2) is 4.25. The molecule has 0 spiro atoms. The van der Waals surface area contributed by atoms with Gasteiger partial charge in [-0.05, 0) is 48.0 Å². The fraction of sp³-hybridized carbons (Fsp3) is 0.923. The molecular weight excluding hydrogens is 216 g/mol. The van der Waals surface area contributed by atoms with E-state index in [1.54, 1.807) is 0 Å². The van der Waals surface area contributed by atoms with Crippen molar-refractivity contribution in [2.24, 2.45) is 5.73 Å². The van der Waals surface area contributed by atoms with Gasteiger partial charge in [0, 0.05) is 18.0 Å². The first-order chi connectivity index (χ1) is 7.44. The predicted molar refractivity (Wildman–Crippen MR) is 68.7 cm³/mol. The van der Waals surface area contributed by atoms with Crippen molar-refractivity contribution in [3.63, 3.8) is 0 Å². The van der Waals surface area contributed by atoms with E-state index in [0.29, 0.717) is 6.42 Å². The van der Waals surface area contributed by atoms with Crippen LogP contribution in [0.3, 0.4) is 0 Å². The van der Waals surface area contributed by atoms with E-state index in [1.807, 2.05) is 13.8 Å². The Balaban J connectivity index is 2.72. The molecule has 0 aromatic heterocycles. The summed E-state index contributed by atoms with van der Waals surface area (Å²) < 4.78 is 6.02. The van der Waals surface area contributed by atoms with Gasteiger partial charge >= 0.3 is 0 Å². The molecule has 1 saturated heterocycles. The minimum atomic E-state index is -0.294. The Bertz CT molecular complexity index is 309. The molecule has 4 heteroatoms. The molecule has 0 aromatic carbocycles. The molecule has 0 aromatic rings. The third-order valence-corrected chi connectivity index (χ3v) is 3.26. The zero-order valence-electron chi connectivity index (χ0n) is 11.9. The average molecular weight is 242 g/mol. The van der Waals surface area contributed by atoms with Crippen molar-refractivity contribution < 1.29 is 9.53 Å². The van der Waals surface area contributed by atoms with Gasteiger partial charge in [0.1, 0.15) is 0 Å². The molecular formula is C13H26N2O2. The van der Waals surface area contributed by atoms with E-state index in [0.717, 1.165) is 6.42 Å². The molecule has 1 heterocycles. The van der Waals surface area contributed by atoms with E-state index in [-0.39, 0.29) is 28.7 Å². The highest BCUT2D eigenvalue weighted by molar-refractivity contribution is 5.75. The number of nitrogens with one attached hydrogen (secondary N) is 1. The summed E-state index contributed by atoms with van der Waals surface area (Å²) in [6, 6.07) is 0.229. The SMILES string of the molecule is CC(C)(CC(N)=O)NC1CC(C)(C)OC1(C)C. The molecule has 0 saturated carbocycles. The van der Waals surface area contributed by atoms with Crippen molar-refractivity contribution in [1.29, 1.82) is 0 Å². The maximum Gasteiger partial charge on any atom is 0.219 e. The molecule has 17 heavy (non-hydrogen) atoms. The van der Waals surface area contributed by atoms with Crippen LogP contribution in [-0.2, 0) is 9.53 Å². The fourth-order valence-corrected chi connectivity index (χ4v) is 2.75. The summed E-state index contributed by atoms with van der Waals surface area (Å²) in [7, 11) is 0. The molecule has 3 N–H and O–H groups in total. The van der Waals surface area contributed by atoms with Crippen LogP contribution in [0.1, 0.15) is 54.4 Å². The fourth-order valence-electron chi connectivity index (χ4n) is 2.75. The summed E-state index contributed by atoms with van der Waals surface area (Å²) in [6.45, 7) is 12.4. The van der Waals surface area contributed by atoms with E-state index in [9.17, 15) is 4.79 Å². The van der Waals surface area contributed by atoms with Crippen LogP contribution in [0.4, 0.5) is 0 Å². The molecule has 1 amide bonds. The number of ether oxygens (including phenoxy) is 1. The largest absolute Gasteiger partial charge is 0.370 e. The number of rotatable bonds is 4.